The highest BCUT2D eigenvalue weighted by Crippen LogP contribution is 2.48. The molecule has 0 unspecified atom stereocenters. The lowest BCUT2D eigenvalue weighted by Crippen LogP contribution is -2.37. The molecule has 1 heterocycles. The zero-order chi connectivity index (χ0) is 12.8. The SMILES string of the molecule is CC(C)(C)OC(=O)N1C[C@@H]2C[C@H](O)C[C@]2(C)C1. The van der Waals surface area contributed by atoms with E-state index in [0.717, 1.165) is 19.4 Å². The molecule has 1 N–H and O–H groups in total. The predicted molar refractivity (Wildman–Crippen MR) is 64.6 cm³/mol. The summed E-state index contributed by atoms with van der Waals surface area (Å²) in [5.41, 5.74) is -0.356. The first-order valence-electron chi connectivity index (χ1n) is 6.36. The number of aliphatic hydroxyl groups is 1. The van der Waals surface area contributed by atoms with Crippen LogP contribution in [0, 0.1) is 11.3 Å². The number of likely N-dealkylation sites (tertiary alicyclic amines) is 1. The Labute approximate surface area is 103 Å². The van der Waals surface area contributed by atoms with Gasteiger partial charge in [-0.15, -0.1) is 0 Å². The first kappa shape index (κ1) is 12.7. The van der Waals surface area contributed by atoms with Crippen LogP contribution >= 0.6 is 0 Å². The minimum absolute atomic E-state index is 0.0797. The Morgan fingerprint density at radius 3 is 2.65 bits per heavy atom. The van der Waals surface area contributed by atoms with E-state index >= 15 is 0 Å². The number of hydrogen-bond donors (Lipinski definition) is 1. The van der Waals surface area contributed by atoms with Crippen molar-refractivity contribution in [3.63, 3.8) is 0 Å². The maximum atomic E-state index is 12.0. The molecule has 1 saturated carbocycles. The van der Waals surface area contributed by atoms with Crippen LogP contribution in [0.4, 0.5) is 4.79 Å². The van der Waals surface area contributed by atoms with Gasteiger partial charge in [-0.2, -0.15) is 0 Å². The molecule has 1 saturated heterocycles. The van der Waals surface area contributed by atoms with Gasteiger partial charge in [0.25, 0.3) is 0 Å². The molecule has 3 atom stereocenters. The van der Waals surface area contributed by atoms with Crippen molar-refractivity contribution in [2.75, 3.05) is 13.1 Å². The fraction of sp³-hybridized carbons (Fsp3) is 0.923. The van der Waals surface area contributed by atoms with Crippen molar-refractivity contribution in [2.24, 2.45) is 11.3 Å². The summed E-state index contributed by atoms with van der Waals surface area (Å²) in [5, 5.41) is 9.68. The number of amides is 1. The molecule has 2 aliphatic rings. The Balaban J connectivity index is 1.98. The largest absolute Gasteiger partial charge is 0.444 e. The van der Waals surface area contributed by atoms with E-state index in [1.807, 2.05) is 20.8 Å². The van der Waals surface area contributed by atoms with Gasteiger partial charge in [-0.3, -0.25) is 0 Å². The van der Waals surface area contributed by atoms with E-state index in [-0.39, 0.29) is 17.6 Å². The minimum atomic E-state index is -0.435. The third-order valence-electron chi connectivity index (χ3n) is 3.89. The van der Waals surface area contributed by atoms with Gasteiger partial charge >= 0.3 is 6.09 Å². The second kappa shape index (κ2) is 3.87. The number of fused-ring (bicyclic) bond motifs is 1. The molecule has 1 aliphatic heterocycles. The summed E-state index contributed by atoms with van der Waals surface area (Å²) in [7, 11) is 0. The lowest BCUT2D eigenvalue weighted by Gasteiger charge is -2.26. The molecular formula is C13H23NO3. The third kappa shape index (κ3) is 2.57. The van der Waals surface area contributed by atoms with Gasteiger partial charge in [0.1, 0.15) is 5.60 Å². The highest BCUT2D eigenvalue weighted by atomic mass is 16.6. The molecule has 0 aromatic rings. The Morgan fingerprint density at radius 1 is 1.47 bits per heavy atom. The van der Waals surface area contributed by atoms with Gasteiger partial charge in [-0.25, -0.2) is 4.79 Å². The second-order valence-electron chi connectivity index (χ2n) is 6.81. The van der Waals surface area contributed by atoms with Crippen LogP contribution in [0.25, 0.3) is 0 Å². The van der Waals surface area contributed by atoms with Crippen LogP contribution in [0.2, 0.25) is 0 Å². The number of hydrogen-bond acceptors (Lipinski definition) is 3. The Kier molecular flexibility index (Phi) is 2.89. The first-order chi connectivity index (χ1) is 7.70. The molecule has 0 bridgehead atoms. The van der Waals surface area contributed by atoms with Gasteiger partial charge in [0.15, 0.2) is 0 Å². The molecule has 98 valence electrons. The zero-order valence-electron chi connectivity index (χ0n) is 11.2. The quantitative estimate of drug-likeness (QED) is 0.706. The summed E-state index contributed by atoms with van der Waals surface area (Å²) in [4.78, 5) is 13.8. The van der Waals surface area contributed by atoms with Gasteiger partial charge in [0.2, 0.25) is 0 Å². The normalized spacial score (nSPS) is 37.1. The lowest BCUT2D eigenvalue weighted by molar-refractivity contribution is 0.0255. The van der Waals surface area contributed by atoms with E-state index in [9.17, 15) is 9.90 Å². The number of aliphatic hydroxyl groups excluding tert-OH is 1. The molecule has 4 heteroatoms. The van der Waals surface area contributed by atoms with Crippen LogP contribution in [-0.2, 0) is 4.74 Å². The average molecular weight is 241 g/mol. The fourth-order valence-corrected chi connectivity index (χ4v) is 3.12. The topological polar surface area (TPSA) is 49.8 Å². The lowest BCUT2D eigenvalue weighted by atomic mass is 9.83. The highest BCUT2D eigenvalue weighted by molar-refractivity contribution is 5.68. The number of ether oxygens (including phenoxy) is 1. The van der Waals surface area contributed by atoms with E-state index < -0.39 is 5.60 Å². The second-order valence-corrected chi connectivity index (χ2v) is 6.81. The Morgan fingerprint density at radius 2 is 2.12 bits per heavy atom. The number of nitrogens with zero attached hydrogens (tertiary/aromatic N) is 1. The minimum Gasteiger partial charge on any atom is -0.444 e. The summed E-state index contributed by atoms with van der Waals surface area (Å²) in [6.45, 7) is 9.25. The summed E-state index contributed by atoms with van der Waals surface area (Å²) >= 11 is 0. The van der Waals surface area contributed by atoms with E-state index in [1.165, 1.54) is 0 Å². The fourth-order valence-electron chi connectivity index (χ4n) is 3.12. The molecular weight excluding hydrogens is 218 g/mol. The van der Waals surface area contributed by atoms with Crippen LogP contribution in [0.1, 0.15) is 40.5 Å². The van der Waals surface area contributed by atoms with Gasteiger partial charge in [-0.1, -0.05) is 6.92 Å². The van der Waals surface area contributed by atoms with Crippen molar-refractivity contribution >= 4 is 6.09 Å². The van der Waals surface area contributed by atoms with Gasteiger partial charge < -0.3 is 14.7 Å². The van der Waals surface area contributed by atoms with E-state index in [2.05, 4.69) is 6.92 Å². The molecule has 0 aromatic heterocycles. The predicted octanol–water partition coefficient (Wildman–Crippen LogP) is 2.01. The van der Waals surface area contributed by atoms with Crippen molar-refractivity contribution in [1.82, 2.24) is 4.90 Å². The monoisotopic (exact) mass is 241 g/mol. The zero-order valence-corrected chi connectivity index (χ0v) is 11.2. The smallest absolute Gasteiger partial charge is 0.410 e. The van der Waals surface area contributed by atoms with Crippen molar-refractivity contribution < 1.29 is 14.6 Å². The molecule has 2 rings (SSSR count). The van der Waals surface area contributed by atoms with Crippen LogP contribution in [0.5, 0.6) is 0 Å². The van der Waals surface area contributed by atoms with Crippen LogP contribution in [0.15, 0.2) is 0 Å². The number of rotatable bonds is 0. The van der Waals surface area contributed by atoms with Crippen molar-refractivity contribution in [1.29, 1.82) is 0 Å². The number of carbonyl (C=O) groups excluding carboxylic acids is 1. The molecule has 4 nitrogen and oxygen atoms in total. The maximum absolute atomic E-state index is 12.0. The molecule has 0 aromatic carbocycles. The molecule has 0 radical (unpaired) electrons. The molecule has 17 heavy (non-hydrogen) atoms. The first-order valence-corrected chi connectivity index (χ1v) is 6.36. The van der Waals surface area contributed by atoms with Crippen LogP contribution < -0.4 is 0 Å². The van der Waals surface area contributed by atoms with Crippen molar-refractivity contribution in [3.8, 4) is 0 Å². The van der Waals surface area contributed by atoms with Crippen LogP contribution in [0.3, 0.4) is 0 Å². The van der Waals surface area contributed by atoms with Crippen LogP contribution in [-0.4, -0.2) is 40.9 Å². The van der Waals surface area contributed by atoms with E-state index in [4.69, 9.17) is 4.74 Å². The standard InChI is InChI=1S/C13H23NO3/c1-12(2,3)17-11(16)14-7-9-5-10(15)6-13(9,4)8-14/h9-10,15H,5-8H2,1-4H3/t9-,10-,13+/m0/s1. The summed E-state index contributed by atoms with van der Waals surface area (Å²) in [6, 6.07) is 0. The molecule has 1 amide bonds. The molecule has 0 spiro atoms. The van der Waals surface area contributed by atoms with Gasteiger partial charge in [0.05, 0.1) is 6.10 Å². The average Bonchev–Trinajstić information content (AvgIpc) is 2.51. The summed E-state index contributed by atoms with van der Waals surface area (Å²) in [6.07, 6.45) is 1.21. The Bertz CT molecular complexity index is 323. The summed E-state index contributed by atoms with van der Waals surface area (Å²) in [5.74, 6) is 0.421. The molecule has 2 fully saturated rings. The van der Waals surface area contributed by atoms with Gasteiger partial charge in [0, 0.05) is 13.1 Å². The third-order valence-corrected chi connectivity index (χ3v) is 3.89. The molecule has 1 aliphatic carbocycles. The van der Waals surface area contributed by atoms with E-state index in [1.54, 1.807) is 4.90 Å². The van der Waals surface area contributed by atoms with E-state index in [0.29, 0.717) is 12.5 Å². The van der Waals surface area contributed by atoms with Crippen molar-refractivity contribution in [3.05, 3.63) is 0 Å². The Hall–Kier alpha value is -0.770. The van der Waals surface area contributed by atoms with Crippen molar-refractivity contribution in [2.45, 2.75) is 52.2 Å². The highest BCUT2D eigenvalue weighted by Gasteiger charge is 2.51. The van der Waals surface area contributed by atoms with Gasteiger partial charge in [-0.05, 0) is 44.9 Å². The maximum Gasteiger partial charge on any atom is 0.410 e. The summed E-state index contributed by atoms with van der Waals surface area (Å²) < 4.78 is 5.38. The number of carbonyl (C=O) groups is 1.